The molecule has 0 unspecified atom stereocenters. The van der Waals surface area contributed by atoms with Gasteiger partial charge < -0.3 is 9.88 Å². The fourth-order valence-electron chi connectivity index (χ4n) is 2.12. The van der Waals surface area contributed by atoms with Gasteiger partial charge in [-0.3, -0.25) is 0 Å². The Labute approximate surface area is 113 Å². The van der Waals surface area contributed by atoms with E-state index in [2.05, 4.69) is 17.2 Å². The molecule has 0 aliphatic rings. The highest BCUT2D eigenvalue weighted by Gasteiger charge is 2.07. The molecule has 0 aliphatic heterocycles. The zero-order chi connectivity index (χ0) is 13.7. The monoisotopic (exact) mass is 261 g/mol. The number of nitrogens with one attached hydrogen (secondary N) is 1. The first kappa shape index (κ1) is 13.7. The second-order valence-electron chi connectivity index (χ2n) is 4.56. The van der Waals surface area contributed by atoms with Gasteiger partial charge in [0.2, 0.25) is 0 Å². The molecule has 2 rings (SSSR count). The highest BCUT2D eigenvalue weighted by atomic mass is 19.1. The van der Waals surface area contributed by atoms with Gasteiger partial charge in [-0.1, -0.05) is 13.8 Å². The van der Waals surface area contributed by atoms with Gasteiger partial charge in [0, 0.05) is 31.0 Å². The number of hydrogen-bond acceptors (Lipinski definition) is 2. The lowest BCUT2D eigenvalue weighted by atomic mass is 10.2. The van der Waals surface area contributed by atoms with E-state index in [-0.39, 0.29) is 5.82 Å². The van der Waals surface area contributed by atoms with Crippen LogP contribution in [0.4, 0.5) is 4.39 Å². The summed E-state index contributed by atoms with van der Waals surface area (Å²) in [5.41, 5.74) is 1.79. The molecule has 1 aromatic heterocycles. The largest absolute Gasteiger partial charge is 0.313 e. The first-order chi connectivity index (χ1) is 9.24. The maximum Gasteiger partial charge on any atom is 0.125 e. The Hall–Kier alpha value is -1.68. The van der Waals surface area contributed by atoms with Crippen molar-refractivity contribution in [1.82, 2.24) is 14.9 Å². The molecule has 1 N–H and O–H groups in total. The van der Waals surface area contributed by atoms with Gasteiger partial charge >= 0.3 is 0 Å². The molecule has 0 bridgehead atoms. The minimum absolute atomic E-state index is 0.207. The van der Waals surface area contributed by atoms with Crippen molar-refractivity contribution in [2.75, 3.05) is 6.54 Å². The van der Waals surface area contributed by atoms with Gasteiger partial charge in [0.05, 0.1) is 0 Å². The van der Waals surface area contributed by atoms with E-state index in [0.717, 1.165) is 36.5 Å². The Balaban J connectivity index is 2.32. The Kier molecular flexibility index (Phi) is 4.68. The van der Waals surface area contributed by atoms with Crippen molar-refractivity contribution in [2.45, 2.75) is 33.2 Å². The van der Waals surface area contributed by atoms with Gasteiger partial charge in [-0.15, -0.1) is 0 Å². The van der Waals surface area contributed by atoms with Crippen molar-refractivity contribution in [1.29, 1.82) is 0 Å². The Morgan fingerprint density at radius 2 is 2.11 bits per heavy atom. The number of benzene rings is 1. The van der Waals surface area contributed by atoms with Crippen LogP contribution in [0.25, 0.3) is 5.69 Å². The van der Waals surface area contributed by atoms with Crippen LogP contribution in [0, 0.1) is 5.82 Å². The predicted molar refractivity (Wildman–Crippen MR) is 74.9 cm³/mol. The van der Waals surface area contributed by atoms with Crippen molar-refractivity contribution in [2.24, 2.45) is 0 Å². The molecule has 0 radical (unpaired) electrons. The molecule has 102 valence electrons. The normalized spacial score (nSPS) is 10.9. The van der Waals surface area contributed by atoms with Crippen LogP contribution < -0.4 is 5.32 Å². The van der Waals surface area contributed by atoms with Crippen molar-refractivity contribution in [3.8, 4) is 5.69 Å². The summed E-state index contributed by atoms with van der Waals surface area (Å²) in [6.07, 6.45) is 5.57. The average Bonchev–Trinajstić information content (AvgIpc) is 2.84. The molecule has 0 saturated heterocycles. The molecule has 1 aromatic carbocycles. The molecular weight excluding hydrogens is 241 g/mol. The number of imidazole rings is 1. The van der Waals surface area contributed by atoms with Gasteiger partial charge in [0.25, 0.3) is 0 Å². The fraction of sp³-hybridized carbons (Fsp3) is 0.400. The molecule has 0 aliphatic carbocycles. The van der Waals surface area contributed by atoms with Crippen LogP contribution >= 0.6 is 0 Å². The van der Waals surface area contributed by atoms with Gasteiger partial charge in [-0.2, -0.15) is 0 Å². The first-order valence-corrected chi connectivity index (χ1v) is 6.77. The lowest BCUT2D eigenvalue weighted by molar-refractivity contribution is 0.620. The Morgan fingerprint density at radius 3 is 2.84 bits per heavy atom. The van der Waals surface area contributed by atoms with E-state index in [1.54, 1.807) is 18.3 Å². The molecule has 0 atom stereocenters. The molecule has 0 saturated carbocycles. The van der Waals surface area contributed by atoms with Crippen LogP contribution in [0.3, 0.4) is 0 Å². The first-order valence-electron chi connectivity index (χ1n) is 6.77. The minimum atomic E-state index is -0.207. The predicted octanol–water partition coefficient (Wildman–Crippen LogP) is 3.07. The van der Waals surface area contributed by atoms with Crippen LogP contribution in [0.5, 0.6) is 0 Å². The maximum atomic E-state index is 13.7. The standard InChI is InChI=1S/C15H20FN3/c1-3-5-15-18-6-7-19(15)14-9-12(11-17-4-2)8-13(16)10-14/h6-10,17H,3-5,11H2,1-2H3. The molecule has 1 heterocycles. The third kappa shape index (κ3) is 3.41. The summed E-state index contributed by atoms with van der Waals surface area (Å²) >= 11 is 0. The zero-order valence-corrected chi connectivity index (χ0v) is 11.5. The van der Waals surface area contributed by atoms with Gasteiger partial charge in [-0.25, -0.2) is 9.37 Å². The van der Waals surface area contributed by atoms with Gasteiger partial charge in [0.15, 0.2) is 0 Å². The quantitative estimate of drug-likeness (QED) is 0.866. The minimum Gasteiger partial charge on any atom is -0.313 e. The molecule has 0 fully saturated rings. The third-order valence-corrected chi connectivity index (χ3v) is 2.99. The van der Waals surface area contributed by atoms with E-state index in [0.29, 0.717) is 6.54 Å². The lowest BCUT2D eigenvalue weighted by Gasteiger charge is -2.10. The van der Waals surface area contributed by atoms with Crippen molar-refractivity contribution >= 4 is 0 Å². The maximum absolute atomic E-state index is 13.7. The third-order valence-electron chi connectivity index (χ3n) is 2.99. The summed E-state index contributed by atoms with van der Waals surface area (Å²) in [6.45, 7) is 5.70. The molecular formula is C15H20FN3. The number of nitrogens with zero attached hydrogens (tertiary/aromatic N) is 2. The van der Waals surface area contributed by atoms with Crippen molar-refractivity contribution < 1.29 is 4.39 Å². The Bertz CT molecular complexity index is 534. The van der Waals surface area contributed by atoms with E-state index in [1.807, 2.05) is 23.8 Å². The smallest absolute Gasteiger partial charge is 0.125 e. The number of hydrogen-bond donors (Lipinski definition) is 1. The molecule has 2 aromatic rings. The van der Waals surface area contributed by atoms with E-state index in [1.165, 1.54) is 0 Å². The number of rotatable bonds is 6. The summed E-state index contributed by atoms with van der Waals surface area (Å²) < 4.78 is 15.7. The van der Waals surface area contributed by atoms with Gasteiger partial charge in [-0.05, 0) is 36.7 Å². The summed E-state index contributed by atoms with van der Waals surface area (Å²) in [6, 6.07) is 5.13. The summed E-state index contributed by atoms with van der Waals surface area (Å²) in [5.74, 6) is 0.768. The van der Waals surface area contributed by atoms with Crippen LogP contribution in [0.15, 0.2) is 30.6 Å². The highest BCUT2D eigenvalue weighted by molar-refractivity contribution is 5.38. The average molecular weight is 261 g/mol. The van der Waals surface area contributed by atoms with Crippen molar-refractivity contribution in [3.63, 3.8) is 0 Å². The number of aryl methyl sites for hydroxylation is 1. The van der Waals surface area contributed by atoms with E-state index in [9.17, 15) is 4.39 Å². The topological polar surface area (TPSA) is 29.9 Å². The van der Waals surface area contributed by atoms with Crippen LogP contribution in [-0.4, -0.2) is 16.1 Å². The summed E-state index contributed by atoms with van der Waals surface area (Å²) in [5, 5.41) is 3.21. The van der Waals surface area contributed by atoms with Crippen LogP contribution in [0.2, 0.25) is 0 Å². The van der Waals surface area contributed by atoms with Crippen LogP contribution in [0.1, 0.15) is 31.7 Å². The second kappa shape index (κ2) is 6.48. The molecule has 3 nitrogen and oxygen atoms in total. The van der Waals surface area contributed by atoms with Crippen LogP contribution in [-0.2, 0) is 13.0 Å². The molecule has 0 spiro atoms. The highest BCUT2D eigenvalue weighted by Crippen LogP contribution is 2.16. The number of aromatic nitrogens is 2. The van der Waals surface area contributed by atoms with Gasteiger partial charge in [0.1, 0.15) is 11.6 Å². The SMILES string of the molecule is CCCc1nccn1-c1cc(F)cc(CNCC)c1. The fourth-order valence-corrected chi connectivity index (χ4v) is 2.12. The second-order valence-corrected chi connectivity index (χ2v) is 4.56. The van der Waals surface area contributed by atoms with E-state index < -0.39 is 0 Å². The molecule has 4 heteroatoms. The summed E-state index contributed by atoms with van der Waals surface area (Å²) in [7, 11) is 0. The van der Waals surface area contributed by atoms with E-state index >= 15 is 0 Å². The lowest BCUT2D eigenvalue weighted by Crippen LogP contribution is -2.12. The van der Waals surface area contributed by atoms with Crippen molar-refractivity contribution in [3.05, 3.63) is 47.8 Å². The Morgan fingerprint density at radius 1 is 1.26 bits per heavy atom. The van der Waals surface area contributed by atoms with E-state index in [4.69, 9.17) is 0 Å². The zero-order valence-electron chi connectivity index (χ0n) is 11.5. The summed E-state index contributed by atoms with van der Waals surface area (Å²) in [4.78, 5) is 4.33. The molecule has 19 heavy (non-hydrogen) atoms. The molecule has 0 amide bonds. The number of halogens is 1.